The first kappa shape index (κ1) is 17.3. The summed E-state index contributed by atoms with van der Waals surface area (Å²) >= 11 is 0. The average molecular weight is 318 g/mol. The van der Waals surface area contributed by atoms with E-state index < -0.39 is 0 Å². The van der Waals surface area contributed by atoms with E-state index in [1.165, 1.54) is 5.57 Å². The summed E-state index contributed by atoms with van der Waals surface area (Å²) in [5, 5.41) is 0. The fourth-order valence-corrected chi connectivity index (χ4v) is 2.60. The van der Waals surface area contributed by atoms with E-state index in [4.69, 9.17) is 9.47 Å². The Bertz CT molecular complexity index is 572. The van der Waals surface area contributed by atoms with E-state index in [1.54, 1.807) is 32.4 Å². The van der Waals surface area contributed by atoms with Crippen LogP contribution in [-0.4, -0.2) is 62.7 Å². The highest BCUT2D eigenvalue weighted by molar-refractivity contribution is 5.95. The van der Waals surface area contributed by atoms with Crippen molar-refractivity contribution in [2.24, 2.45) is 0 Å². The molecule has 1 saturated heterocycles. The molecule has 1 aromatic rings. The van der Waals surface area contributed by atoms with Crippen LogP contribution in [0.2, 0.25) is 0 Å². The van der Waals surface area contributed by atoms with E-state index in [0.717, 1.165) is 32.7 Å². The summed E-state index contributed by atoms with van der Waals surface area (Å²) in [4.78, 5) is 16.9. The van der Waals surface area contributed by atoms with Crippen LogP contribution in [-0.2, 0) is 0 Å². The van der Waals surface area contributed by atoms with Crippen molar-refractivity contribution in [3.63, 3.8) is 0 Å². The second kappa shape index (κ2) is 8.02. The van der Waals surface area contributed by atoms with E-state index in [9.17, 15) is 4.79 Å². The van der Waals surface area contributed by atoms with Gasteiger partial charge in [0.15, 0.2) is 11.5 Å². The zero-order chi connectivity index (χ0) is 16.8. The summed E-state index contributed by atoms with van der Waals surface area (Å²) < 4.78 is 10.5. The van der Waals surface area contributed by atoms with E-state index in [0.29, 0.717) is 17.1 Å². The van der Waals surface area contributed by atoms with Crippen molar-refractivity contribution in [1.29, 1.82) is 0 Å². The van der Waals surface area contributed by atoms with Crippen LogP contribution in [0.3, 0.4) is 0 Å². The predicted molar refractivity (Wildman–Crippen MR) is 91.3 cm³/mol. The SMILES string of the molecule is COc1ccc(C(=O)N2CCN(CC=C(C)C)CC2)cc1OC. The standard InChI is InChI=1S/C18H26N2O3/c1-14(2)7-8-19-9-11-20(12-10-19)18(21)15-5-6-16(22-3)17(13-15)23-4/h5-7,13H,8-12H2,1-4H3. The lowest BCUT2D eigenvalue weighted by Gasteiger charge is -2.34. The molecular formula is C18H26N2O3. The molecule has 1 heterocycles. The molecule has 126 valence electrons. The predicted octanol–water partition coefficient (Wildman–Crippen LogP) is 2.43. The Morgan fingerprint density at radius 2 is 1.74 bits per heavy atom. The van der Waals surface area contributed by atoms with Crippen LogP contribution in [0.1, 0.15) is 24.2 Å². The Balaban J connectivity index is 1.98. The molecule has 23 heavy (non-hydrogen) atoms. The van der Waals surface area contributed by atoms with E-state index in [2.05, 4.69) is 24.8 Å². The molecule has 0 aliphatic carbocycles. The van der Waals surface area contributed by atoms with Crippen molar-refractivity contribution < 1.29 is 14.3 Å². The van der Waals surface area contributed by atoms with Crippen LogP contribution in [0, 0.1) is 0 Å². The van der Waals surface area contributed by atoms with Crippen LogP contribution < -0.4 is 9.47 Å². The monoisotopic (exact) mass is 318 g/mol. The third-order valence-corrected chi connectivity index (χ3v) is 4.05. The number of hydrogen-bond acceptors (Lipinski definition) is 4. The quantitative estimate of drug-likeness (QED) is 0.782. The minimum absolute atomic E-state index is 0.0489. The van der Waals surface area contributed by atoms with E-state index >= 15 is 0 Å². The number of nitrogens with zero attached hydrogens (tertiary/aromatic N) is 2. The van der Waals surface area contributed by atoms with Crippen molar-refractivity contribution in [2.45, 2.75) is 13.8 Å². The fraction of sp³-hybridized carbons (Fsp3) is 0.500. The Morgan fingerprint density at radius 1 is 1.09 bits per heavy atom. The highest BCUT2D eigenvalue weighted by Gasteiger charge is 2.22. The third kappa shape index (κ3) is 4.48. The normalized spacial score (nSPS) is 15.2. The number of allylic oxidation sites excluding steroid dienone is 1. The maximum atomic E-state index is 12.6. The summed E-state index contributed by atoms with van der Waals surface area (Å²) in [6.45, 7) is 8.49. The van der Waals surface area contributed by atoms with Crippen LogP contribution in [0.4, 0.5) is 0 Å². The van der Waals surface area contributed by atoms with Crippen LogP contribution in [0.5, 0.6) is 11.5 Å². The van der Waals surface area contributed by atoms with Gasteiger partial charge in [0.2, 0.25) is 0 Å². The van der Waals surface area contributed by atoms with Gasteiger partial charge < -0.3 is 14.4 Å². The van der Waals surface area contributed by atoms with E-state index in [1.807, 2.05) is 4.90 Å². The molecule has 5 nitrogen and oxygen atoms in total. The van der Waals surface area contributed by atoms with Crippen molar-refractivity contribution in [3.05, 3.63) is 35.4 Å². The van der Waals surface area contributed by atoms with Crippen molar-refractivity contribution in [1.82, 2.24) is 9.80 Å². The molecule has 0 saturated carbocycles. The Labute approximate surface area is 138 Å². The number of piperazine rings is 1. The molecular weight excluding hydrogens is 292 g/mol. The highest BCUT2D eigenvalue weighted by Crippen LogP contribution is 2.28. The maximum absolute atomic E-state index is 12.6. The van der Waals surface area contributed by atoms with Gasteiger partial charge in [-0.1, -0.05) is 11.6 Å². The maximum Gasteiger partial charge on any atom is 0.254 e. The first-order valence-electron chi connectivity index (χ1n) is 7.92. The minimum atomic E-state index is 0.0489. The summed E-state index contributed by atoms with van der Waals surface area (Å²) in [6.07, 6.45) is 2.23. The fourth-order valence-electron chi connectivity index (χ4n) is 2.60. The third-order valence-electron chi connectivity index (χ3n) is 4.05. The highest BCUT2D eigenvalue weighted by atomic mass is 16.5. The Hall–Kier alpha value is -2.01. The number of benzene rings is 1. The molecule has 1 amide bonds. The van der Waals surface area contributed by atoms with Gasteiger partial charge in [-0.2, -0.15) is 0 Å². The molecule has 1 aliphatic heterocycles. The van der Waals surface area contributed by atoms with Crippen molar-refractivity contribution >= 4 is 5.91 Å². The first-order valence-corrected chi connectivity index (χ1v) is 7.92. The number of ether oxygens (including phenoxy) is 2. The van der Waals surface area contributed by atoms with Crippen LogP contribution in [0.25, 0.3) is 0 Å². The largest absolute Gasteiger partial charge is 0.493 e. The van der Waals surface area contributed by atoms with Crippen molar-refractivity contribution in [2.75, 3.05) is 46.9 Å². The summed E-state index contributed by atoms with van der Waals surface area (Å²) in [5.41, 5.74) is 1.97. The van der Waals surface area contributed by atoms with Gasteiger partial charge in [0.25, 0.3) is 5.91 Å². The van der Waals surface area contributed by atoms with Gasteiger partial charge in [-0.05, 0) is 32.0 Å². The lowest BCUT2D eigenvalue weighted by atomic mass is 10.1. The van der Waals surface area contributed by atoms with E-state index in [-0.39, 0.29) is 5.91 Å². The molecule has 1 aliphatic rings. The molecule has 1 fully saturated rings. The second-order valence-electron chi connectivity index (χ2n) is 5.94. The number of rotatable bonds is 5. The number of methoxy groups -OCH3 is 2. The van der Waals surface area contributed by atoms with Gasteiger partial charge in [0, 0.05) is 38.3 Å². The van der Waals surface area contributed by atoms with Crippen LogP contribution in [0.15, 0.2) is 29.8 Å². The smallest absolute Gasteiger partial charge is 0.254 e. The summed E-state index contributed by atoms with van der Waals surface area (Å²) in [5.74, 6) is 1.27. The van der Waals surface area contributed by atoms with Gasteiger partial charge in [-0.15, -0.1) is 0 Å². The Kier molecular flexibility index (Phi) is 6.04. The first-order chi connectivity index (χ1) is 11.0. The molecule has 0 radical (unpaired) electrons. The molecule has 0 unspecified atom stereocenters. The molecule has 0 N–H and O–H groups in total. The molecule has 0 atom stereocenters. The topological polar surface area (TPSA) is 42.0 Å². The number of amides is 1. The Morgan fingerprint density at radius 3 is 2.30 bits per heavy atom. The molecule has 2 rings (SSSR count). The lowest BCUT2D eigenvalue weighted by Crippen LogP contribution is -2.48. The minimum Gasteiger partial charge on any atom is -0.493 e. The zero-order valence-corrected chi connectivity index (χ0v) is 14.5. The lowest BCUT2D eigenvalue weighted by molar-refractivity contribution is 0.0649. The molecule has 1 aromatic carbocycles. The van der Waals surface area contributed by atoms with Gasteiger partial charge in [0.1, 0.15) is 0 Å². The number of carbonyl (C=O) groups excluding carboxylic acids is 1. The molecule has 0 spiro atoms. The van der Waals surface area contributed by atoms with Gasteiger partial charge in [-0.25, -0.2) is 0 Å². The van der Waals surface area contributed by atoms with Crippen LogP contribution >= 0.6 is 0 Å². The molecule has 5 heteroatoms. The van der Waals surface area contributed by atoms with Crippen molar-refractivity contribution in [3.8, 4) is 11.5 Å². The zero-order valence-electron chi connectivity index (χ0n) is 14.5. The number of hydrogen-bond donors (Lipinski definition) is 0. The molecule has 0 aromatic heterocycles. The van der Waals surface area contributed by atoms with Gasteiger partial charge in [-0.3, -0.25) is 9.69 Å². The average Bonchev–Trinajstić information content (AvgIpc) is 2.59. The van der Waals surface area contributed by atoms with Gasteiger partial charge >= 0.3 is 0 Å². The second-order valence-corrected chi connectivity index (χ2v) is 5.94. The van der Waals surface area contributed by atoms with Gasteiger partial charge in [0.05, 0.1) is 14.2 Å². The number of carbonyl (C=O) groups is 1. The summed E-state index contributed by atoms with van der Waals surface area (Å²) in [7, 11) is 3.17. The molecule has 0 bridgehead atoms. The summed E-state index contributed by atoms with van der Waals surface area (Å²) in [6, 6.07) is 5.31.